The minimum atomic E-state index is -0.463. The van der Waals surface area contributed by atoms with Gasteiger partial charge in [-0.2, -0.15) is 5.10 Å². The summed E-state index contributed by atoms with van der Waals surface area (Å²) >= 11 is 0. The Labute approximate surface area is 179 Å². The number of benzene rings is 2. The van der Waals surface area contributed by atoms with Crippen molar-refractivity contribution in [1.82, 2.24) is 20.4 Å². The molecule has 2 aromatic carbocycles. The second kappa shape index (κ2) is 10.7. The molecule has 3 rings (SSSR count). The molecular weight excluding hydrogens is 475 g/mol. The summed E-state index contributed by atoms with van der Waals surface area (Å²) in [6.45, 7) is 0.814. The standard InChI is InChI=1S/C20H21F2N5.HI/c1-23-20(25-14-16-13-17(21)5-8-19(16)22)24-11-9-15-3-6-18(7-4-15)27-12-2-10-26-27;/h2-8,10,12-13H,9,11,14H2,1H3,(H2,23,24,25);1H. The van der Waals surface area contributed by atoms with Crippen molar-refractivity contribution in [2.45, 2.75) is 13.0 Å². The number of nitrogens with zero attached hydrogens (tertiary/aromatic N) is 3. The van der Waals surface area contributed by atoms with Gasteiger partial charge in [0.1, 0.15) is 11.6 Å². The molecule has 0 amide bonds. The lowest BCUT2D eigenvalue weighted by Gasteiger charge is -2.12. The molecule has 1 heterocycles. The van der Waals surface area contributed by atoms with Crippen LogP contribution < -0.4 is 10.6 Å². The minimum Gasteiger partial charge on any atom is -0.356 e. The van der Waals surface area contributed by atoms with Crippen molar-refractivity contribution in [2.75, 3.05) is 13.6 Å². The summed E-state index contributed by atoms with van der Waals surface area (Å²) < 4.78 is 28.7. The molecule has 1 aromatic heterocycles. The van der Waals surface area contributed by atoms with Gasteiger partial charge in [-0.3, -0.25) is 4.99 Å². The minimum absolute atomic E-state index is 0. The smallest absolute Gasteiger partial charge is 0.191 e. The van der Waals surface area contributed by atoms with Crippen LogP contribution >= 0.6 is 24.0 Å². The first-order valence-electron chi connectivity index (χ1n) is 8.63. The molecule has 0 aliphatic heterocycles. The molecule has 3 aromatic rings. The summed E-state index contributed by atoms with van der Waals surface area (Å²) in [5, 5.41) is 10.4. The monoisotopic (exact) mass is 497 g/mol. The van der Waals surface area contributed by atoms with E-state index in [0.717, 1.165) is 24.2 Å². The second-order valence-corrected chi connectivity index (χ2v) is 5.96. The highest BCUT2D eigenvalue weighted by molar-refractivity contribution is 14.0. The molecule has 0 fully saturated rings. The van der Waals surface area contributed by atoms with E-state index in [9.17, 15) is 8.78 Å². The topological polar surface area (TPSA) is 54.2 Å². The summed E-state index contributed by atoms with van der Waals surface area (Å²) in [4.78, 5) is 4.10. The van der Waals surface area contributed by atoms with Gasteiger partial charge in [0.2, 0.25) is 0 Å². The molecule has 0 unspecified atom stereocenters. The molecule has 28 heavy (non-hydrogen) atoms. The van der Waals surface area contributed by atoms with Crippen molar-refractivity contribution in [3.05, 3.63) is 83.7 Å². The summed E-state index contributed by atoms with van der Waals surface area (Å²) in [5.41, 5.74) is 2.43. The van der Waals surface area contributed by atoms with E-state index in [4.69, 9.17) is 0 Å². The van der Waals surface area contributed by atoms with Crippen LogP contribution in [0, 0.1) is 11.6 Å². The van der Waals surface area contributed by atoms with Crippen molar-refractivity contribution in [3.63, 3.8) is 0 Å². The first-order chi connectivity index (χ1) is 13.2. The second-order valence-electron chi connectivity index (χ2n) is 5.96. The zero-order valence-corrected chi connectivity index (χ0v) is 17.7. The zero-order chi connectivity index (χ0) is 19.1. The summed E-state index contributed by atoms with van der Waals surface area (Å²) in [6.07, 6.45) is 4.44. The van der Waals surface area contributed by atoms with Crippen LogP contribution in [-0.2, 0) is 13.0 Å². The third kappa shape index (κ3) is 6.01. The maximum atomic E-state index is 13.7. The van der Waals surface area contributed by atoms with Crippen LogP contribution in [0.2, 0.25) is 0 Å². The summed E-state index contributed by atoms with van der Waals surface area (Å²) in [7, 11) is 1.64. The number of nitrogens with one attached hydrogen (secondary N) is 2. The third-order valence-electron chi connectivity index (χ3n) is 4.09. The largest absolute Gasteiger partial charge is 0.356 e. The molecule has 0 atom stereocenters. The SMILES string of the molecule is CN=C(NCCc1ccc(-n2cccn2)cc1)NCc1cc(F)ccc1F.I. The molecule has 0 aliphatic carbocycles. The number of aromatic nitrogens is 2. The Morgan fingerprint density at radius 1 is 1.11 bits per heavy atom. The first kappa shape index (κ1) is 21.8. The fourth-order valence-corrected chi connectivity index (χ4v) is 2.64. The van der Waals surface area contributed by atoms with E-state index in [2.05, 4.69) is 32.9 Å². The average Bonchev–Trinajstić information content (AvgIpc) is 3.22. The van der Waals surface area contributed by atoms with Gasteiger partial charge in [0, 0.05) is 38.1 Å². The fourth-order valence-electron chi connectivity index (χ4n) is 2.64. The van der Waals surface area contributed by atoms with Gasteiger partial charge in [0.15, 0.2) is 5.96 Å². The van der Waals surface area contributed by atoms with Crippen molar-refractivity contribution < 1.29 is 8.78 Å². The van der Waals surface area contributed by atoms with Gasteiger partial charge in [0.25, 0.3) is 0 Å². The van der Waals surface area contributed by atoms with Crippen LogP contribution in [0.25, 0.3) is 5.69 Å². The molecule has 0 spiro atoms. The molecule has 5 nitrogen and oxygen atoms in total. The molecule has 148 valence electrons. The van der Waals surface area contributed by atoms with E-state index in [0.29, 0.717) is 12.5 Å². The van der Waals surface area contributed by atoms with E-state index in [-0.39, 0.29) is 36.1 Å². The molecule has 0 saturated carbocycles. The van der Waals surface area contributed by atoms with Crippen molar-refractivity contribution in [1.29, 1.82) is 0 Å². The van der Waals surface area contributed by atoms with Crippen molar-refractivity contribution in [3.8, 4) is 5.69 Å². The summed E-state index contributed by atoms with van der Waals surface area (Å²) in [6, 6.07) is 13.4. The van der Waals surface area contributed by atoms with E-state index >= 15 is 0 Å². The Morgan fingerprint density at radius 3 is 2.57 bits per heavy atom. The van der Waals surface area contributed by atoms with Gasteiger partial charge in [-0.25, -0.2) is 13.5 Å². The Kier molecular flexibility index (Phi) is 8.37. The van der Waals surface area contributed by atoms with Gasteiger partial charge >= 0.3 is 0 Å². The highest BCUT2D eigenvalue weighted by Crippen LogP contribution is 2.10. The van der Waals surface area contributed by atoms with E-state index in [1.54, 1.807) is 17.9 Å². The highest BCUT2D eigenvalue weighted by Gasteiger charge is 2.05. The van der Waals surface area contributed by atoms with Crippen LogP contribution in [0.5, 0.6) is 0 Å². The normalized spacial score (nSPS) is 11.0. The third-order valence-corrected chi connectivity index (χ3v) is 4.09. The number of rotatable bonds is 6. The number of hydrogen-bond donors (Lipinski definition) is 2. The van der Waals surface area contributed by atoms with Crippen LogP contribution in [0.15, 0.2) is 65.9 Å². The zero-order valence-electron chi connectivity index (χ0n) is 15.4. The van der Waals surface area contributed by atoms with Crippen molar-refractivity contribution >= 4 is 29.9 Å². The van der Waals surface area contributed by atoms with E-state index in [1.165, 1.54) is 11.6 Å². The Bertz CT molecular complexity index is 895. The lowest BCUT2D eigenvalue weighted by molar-refractivity contribution is 0.581. The lowest BCUT2D eigenvalue weighted by atomic mass is 10.1. The van der Waals surface area contributed by atoms with Crippen LogP contribution in [0.1, 0.15) is 11.1 Å². The molecule has 2 N–H and O–H groups in total. The molecular formula is C20H22F2IN5. The Balaban J connectivity index is 0.00000280. The van der Waals surface area contributed by atoms with Crippen LogP contribution in [0.3, 0.4) is 0 Å². The van der Waals surface area contributed by atoms with E-state index < -0.39 is 11.6 Å². The van der Waals surface area contributed by atoms with Gasteiger partial charge in [0.05, 0.1) is 5.69 Å². The molecule has 8 heteroatoms. The van der Waals surface area contributed by atoms with Crippen LogP contribution in [-0.4, -0.2) is 29.3 Å². The maximum Gasteiger partial charge on any atom is 0.191 e. The first-order valence-corrected chi connectivity index (χ1v) is 8.63. The van der Waals surface area contributed by atoms with Gasteiger partial charge < -0.3 is 10.6 Å². The summed E-state index contributed by atoms with van der Waals surface area (Å²) in [5.74, 6) is -0.377. The number of aliphatic imine (C=N–C) groups is 1. The predicted molar refractivity (Wildman–Crippen MR) is 117 cm³/mol. The molecule has 0 radical (unpaired) electrons. The number of hydrogen-bond acceptors (Lipinski definition) is 2. The number of halogens is 3. The van der Waals surface area contributed by atoms with Crippen LogP contribution in [0.4, 0.5) is 8.78 Å². The van der Waals surface area contributed by atoms with Crippen molar-refractivity contribution in [2.24, 2.45) is 4.99 Å². The lowest BCUT2D eigenvalue weighted by Crippen LogP contribution is -2.38. The molecule has 0 bridgehead atoms. The Hall–Kier alpha value is -2.49. The van der Waals surface area contributed by atoms with Gasteiger partial charge in [-0.15, -0.1) is 24.0 Å². The maximum absolute atomic E-state index is 13.7. The van der Waals surface area contributed by atoms with Gasteiger partial charge in [-0.1, -0.05) is 12.1 Å². The average molecular weight is 497 g/mol. The highest BCUT2D eigenvalue weighted by atomic mass is 127. The predicted octanol–water partition coefficient (Wildman–Crippen LogP) is 3.68. The fraction of sp³-hybridized carbons (Fsp3) is 0.200. The van der Waals surface area contributed by atoms with Gasteiger partial charge in [-0.05, 0) is 48.4 Å². The molecule has 0 aliphatic rings. The van der Waals surface area contributed by atoms with E-state index in [1.807, 2.05) is 24.4 Å². The quantitative estimate of drug-likeness (QED) is 0.311. The number of guanidine groups is 1. The Morgan fingerprint density at radius 2 is 1.89 bits per heavy atom. The molecule has 0 saturated heterocycles.